The number of aromatic amines is 1. The molecule has 0 aliphatic carbocycles. The number of pyridine rings is 1. The number of carbonyl (C=O) groups excluding carboxylic acids is 1. The number of fused-ring (bicyclic) bond motifs is 1. The van der Waals surface area contributed by atoms with E-state index in [9.17, 15) is 4.79 Å². The van der Waals surface area contributed by atoms with Crippen molar-refractivity contribution in [1.82, 2.24) is 19.9 Å². The molecule has 124 valence electrons. The first-order valence-corrected chi connectivity index (χ1v) is 7.47. The zero-order chi connectivity index (χ0) is 17.8. The van der Waals surface area contributed by atoms with Gasteiger partial charge in [0.2, 0.25) is 5.88 Å². The standard InChI is InChI=1S/C17H14N6O2/c1-2-25-14-4-3-10(7-20-14)13-9-22-17-15(23-13)12(8-21-17)5-11(6-18)16(19)24/h3-5,7-9H,2H2,1H3,(H2,19,24)(H,21,22)/b11-5+. The third-order valence-corrected chi connectivity index (χ3v) is 3.42. The lowest BCUT2D eigenvalue weighted by molar-refractivity contribution is -0.114. The van der Waals surface area contributed by atoms with Gasteiger partial charge in [-0.15, -0.1) is 0 Å². The van der Waals surface area contributed by atoms with E-state index in [0.717, 1.165) is 5.56 Å². The van der Waals surface area contributed by atoms with E-state index < -0.39 is 5.91 Å². The molecule has 3 aromatic heterocycles. The Hall–Kier alpha value is -3.73. The number of nitrogens with two attached hydrogens (primary N) is 1. The van der Waals surface area contributed by atoms with E-state index >= 15 is 0 Å². The Kier molecular flexibility index (Phi) is 4.39. The summed E-state index contributed by atoms with van der Waals surface area (Å²) in [5.41, 5.74) is 8.01. The number of nitriles is 1. The molecule has 0 atom stereocenters. The monoisotopic (exact) mass is 334 g/mol. The van der Waals surface area contributed by atoms with Crippen LogP contribution in [-0.4, -0.2) is 32.4 Å². The van der Waals surface area contributed by atoms with Gasteiger partial charge in [0.1, 0.15) is 17.2 Å². The fourth-order valence-electron chi connectivity index (χ4n) is 2.24. The van der Waals surface area contributed by atoms with Gasteiger partial charge in [-0.2, -0.15) is 5.26 Å². The van der Waals surface area contributed by atoms with Gasteiger partial charge in [0, 0.05) is 29.6 Å². The maximum absolute atomic E-state index is 11.2. The molecule has 0 aliphatic heterocycles. The molecule has 3 heterocycles. The Morgan fingerprint density at radius 2 is 2.24 bits per heavy atom. The van der Waals surface area contributed by atoms with Crippen molar-refractivity contribution in [3.05, 3.63) is 41.9 Å². The average molecular weight is 334 g/mol. The minimum Gasteiger partial charge on any atom is -0.478 e. The van der Waals surface area contributed by atoms with Gasteiger partial charge in [-0.05, 0) is 19.1 Å². The van der Waals surface area contributed by atoms with Gasteiger partial charge in [-0.1, -0.05) is 0 Å². The van der Waals surface area contributed by atoms with Crippen molar-refractivity contribution in [2.75, 3.05) is 6.61 Å². The summed E-state index contributed by atoms with van der Waals surface area (Å²) in [6, 6.07) is 5.36. The lowest BCUT2D eigenvalue weighted by atomic mass is 10.1. The molecule has 0 aromatic carbocycles. The number of hydrogen-bond acceptors (Lipinski definition) is 6. The molecule has 0 saturated carbocycles. The van der Waals surface area contributed by atoms with E-state index in [1.54, 1.807) is 30.7 Å². The van der Waals surface area contributed by atoms with Crippen LogP contribution in [0, 0.1) is 11.3 Å². The molecule has 0 radical (unpaired) electrons. The van der Waals surface area contributed by atoms with Crippen molar-refractivity contribution in [2.45, 2.75) is 6.92 Å². The molecule has 3 rings (SSSR count). The molecule has 0 unspecified atom stereocenters. The summed E-state index contributed by atoms with van der Waals surface area (Å²) in [5.74, 6) is -0.262. The molecule has 0 bridgehead atoms. The Morgan fingerprint density at radius 1 is 1.40 bits per heavy atom. The van der Waals surface area contributed by atoms with Crippen LogP contribution in [0.25, 0.3) is 28.5 Å². The SMILES string of the molecule is CCOc1ccc(-c2cnc3[nH]cc(/C=C(\C#N)C(N)=O)c3n2)cn1. The minimum absolute atomic E-state index is 0.157. The number of hydrogen-bond donors (Lipinski definition) is 2. The highest BCUT2D eigenvalue weighted by Gasteiger charge is 2.11. The van der Waals surface area contributed by atoms with Crippen LogP contribution < -0.4 is 10.5 Å². The van der Waals surface area contributed by atoms with Crippen molar-refractivity contribution in [2.24, 2.45) is 5.73 Å². The number of carbonyl (C=O) groups is 1. The van der Waals surface area contributed by atoms with E-state index in [4.69, 9.17) is 15.7 Å². The fourth-order valence-corrected chi connectivity index (χ4v) is 2.24. The van der Waals surface area contributed by atoms with Crippen LogP contribution in [0.4, 0.5) is 0 Å². The van der Waals surface area contributed by atoms with Gasteiger partial charge in [-0.25, -0.2) is 15.0 Å². The van der Waals surface area contributed by atoms with Crippen LogP contribution >= 0.6 is 0 Å². The first-order chi connectivity index (χ1) is 12.1. The second-order valence-corrected chi connectivity index (χ2v) is 5.05. The lowest BCUT2D eigenvalue weighted by Gasteiger charge is -2.04. The minimum atomic E-state index is -0.795. The Labute approximate surface area is 143 Å². The zero-order valence-corrected chi connectivity index (χ0v) is 13.4. The number of rotatable bonds is 5. The summed E-state index contributed by atoms with van der Waals surface area (Å²) in [6.45, 7) is 2.43. The van der Waals surface area contributed by atoms with Crippen LogP contribution in [0.3, 0.4) is 0 Å². The third kappa shape index (κ3) is 3.30. The van der Waals surface area contributed by atoms with E-state index in [2.05, 4.69) is 19.9 Å². The lowest BCUT2D eigenvalue weighted by Crippen LogP contribution is -2.12. The summed E-state index contributed by atoms with van der Waals surface area (Å²) < 4.78 is 5.32. The zero-order valence-electron chi connectivity index (χ0n) is 13.4. The van der Waals surface area contributed by atoms with E-state index in [1.165, 1.54) is 6.08 Å². The molecule has 0 spiro atoms. The highest BCUT2D eigenvalue weighted by molar-refractivity contribution is 6.02. The Morgan fingerprint density at radius 3 is 2.88 bits per heavy atom. The second-order valence-electron chi connectivity index (χ2n) is 5.05. The molecule has 3 aromatic rings. The maximum atomic E-state index is 11.2. The third-order valence-electron chi connectivity index (χ3n) is 3.42. The molecule has 25 heavy (non-hydrogen) atoms. The van der Waals surface area contributed by atoms with Gasteiger partial charge in [0.05, 0.1) is 18.5 Å². The number of ether oxygens (including phenoxy) is 1. The molecule has 0 fully saturated rings. The first kappa shape index (κ1) is 16.1. The van der Waals surface area contributed by atoms with E-state index in [1.807, 2.05) is 13.0 Å². The van der Waals surface area contributed by atoms with Gasteiger partial charge < -0.3 is 15.5 Å². The van der Waals surface area contributed by atoms with Crippen molar-refractivity contribution < 1.29 is 9.53 Å². The average Bonchev–Trinajstić information content (AvgIpc) is 3.02. The summed E-state index contributed by atoms with van der Waals surface area (Å²) in [4.78, 5) is 27.2. The summed E-state index contributed by atoms with van der Waals surface area (Å²) >= 11 is 0. The van der Waals surface area contributed by atoms with Gasteiger partial charge in [0.25, 0.3) is 5.91 Å². The molecule has 8 nitrogen and oxygen atoms in total. The van der Waals surface area contributed by atoms with Crippen molar-refractivity contribution >= 4 is 23.1 Å². The molecular formula is C17H14N6O2. The van der Waals surface area contributed by atoms with Crippen LogP contribution in [0.2, 0.25) is 0 Å². The summed E-state index contributed by atoms with van der Waals surface area (Å²) in [5, 5.41) is 8.98. The van der Waals surface area contributed by atoms with Gasteiger partial charge in [-0.3, -0.25) is 4.79 Å². The Balaban J connectivity index is 2.03. The van der Waals surface area contributed by atoms with E-state index in [0.29, 0.717) is 34.9 Å². The van der Waals surface area contributed by atoms with Gasteiger partial charge >= 0.3 is 0 Å². The maximum Gasteiger partial charge on any atom is 0.259 e. The predicted octanol–water partition coefficient (Wildman–Crippen LogP) is 1.81. The van der Waals surface area contributed by atoms with Gasteiger partial charge in [0.15, 0.2) is 5.65 Å². The molecule has 1 amide bonds. The molecule has 0 aliphatic rings. The first-order valence-electron chi connectivity index (χ1n) is 7.47. The summed E-state index contributed by atoms with van der Waals surface area (Å²) in [6.07, 6.45) is 6.26. The largest absolute Gasteiger partial charge is 0.478 e. The molecule has 0 saturated heterocycles. The second kappa shape index (κ2) is 6.80. The van der Waals surface area contributed by atoms with Crippen LogP contribution in [0.5, 0.6) is 5.88 Å². The number of nitrogens with zero attached hydrogens (tertiary/aromatic N) is 4. The number of nitrogens with one attached hydrogen (secondary N) is 1. The topological polar surface area (TPSA) is 131 Å². The summed E-state index contributed by atoms with van der Waals surface area (Å²) in [7, 11) is 0. The highest BCUT2D eigenvalue weighted by atomic mass is 16.5. The predicted molar refractivity (Wildman–Crippen MR) is 91.1 cm³/mol. The smallest absolute Gasteiger partial charge is 0.259 e. The number of primary amides is 1. The number of amides is 1. The number of H-pyrrole nitrogens is 1. The molecular weight excluding hydrogens is 320 g/mol. The quantitative estimate of drug-likeness (QED) is 0.540. The number of aromatic nitrogens is 4. The van der Waals surface area contributed by atoms with Crippen molar-refractivity contribution in [3.63, 3.8) is 0 Å². The van der Waals surface area contributed by atoms with Crippen molar-refractivity contribution in [3.8, 4) is 23.2 Å². The van der Waals surface area contributed by atoms with Crippen molar-refractivity contribution in [1.29, 1.82) is 5.26 Å². The fraction of sp³-hybridized carbons (Fsp3) is 0.118. The van der Waals surface area contributed by atoms with Crippen LogP contribution in [-0.2, 0) is 4.79 Å². The van der Waals surface area contributed by atoms with Crippen LogP contribution in [0.15, 0.2) is 36.3 Å². The van der Waals surface area contributed by atoms with E-state index in [-0.39, 0.29) is 5.57 Å². The Bertz CT molecular complexity index is 998. The molecule has 8 heteroatoms. The molecule has 3 N–H and O–H groups in total. The normalized spacial score (nSPS) is 11.3. The van der Waals surface area contributed by atoms with Crippen LogP contribution in [0.1, 0.15) is 12.5 Å². The highest BCUT2D eigenvalue weighted by Crippen LogP contribution is 2.23.